The van der Waals surface area contributed by atoms with Crippen LogP contribution in [0.5, 0.6) is 0 Å². The number of carbonyl (C=O) groups excluding carboxylic acids is 1. The van der Waals surface area contributed by atoms with Crippen LogP contribution in [-0.2, 0) is 9.84 Å². The Kier molecular flexibility index (Phi) is 3.76. The van der Waals surface area contributed by atoms with Gasteiger partial charge < -0.3 is 0 Å². The van der Waals surface area contributed by atoms with Crippen molar-refractivity contribution in [3.8, 4) is 0 Å². The molecule has 0 N–H and O–H groups in total. The van der Waals surface area contributed by atoms with Crippen molar-refractivity contribution in [2.75, 3.05) is 12.0 Å². The first-order chi connectivity index (χ1) is 6.79. The highest BCUT2D eigenvalue weighted by molar-refractivity contribution is 7.91. The van der Waals surface area contributed by atoms with E-state index in [2.05, 4.69) is 0 Å². The summed E-state index contributed by atoms with van der Waals surface area (Å²) in [4.78, 5) is 11.4. The molecule has 1 aromatic rings. The number of halogens is 2. The van der Waals surface area contributed by atoms with Crippen LogP contribution in [0.1, 0.15) is 10.4 Å². The van der Waals surface area contributed by atoms with Crippen LogP contribution < -0.4 is 0 Å². The predicted molar refractivity (Wildman–Crippen MR) is 60.5 cm³/mol. The number of Topliss-reactive ketones (excluding diaryl/α,β-unsaturated/α-hetero) is 1. The zero-order chi connectivity index (χ0) is 11.6. The maximum atomic E-state index is 11.4. The molecule has 0 spiro atoms. The van der Waals surface area contributed by atoms with Gasteiger partial charge in [0.05, 0.1) is 10.0 Å². The fourth-order valence-corrected chi connectivity index (χ4v) is 1.93. The Hall–Kier alpha value is -0.580. The maximum Gasteiger partial charge on any atom is 0.177 e. The third kappa shape index (κ3) is 3.81. The molecule has 6 heteroatoms. The molecule has 0 amide bonds. The van der Waals surface area contributed by atoms with Gasteiger partial charge in [-0.05, 0) is 18.2 Å². The number of sulfone groups is 1. The SMILES string of the molecule is CS(=O)(=O)CC(=O)c1ccc(Cl)c(Cl)c1. The minimum Gasteiger partial charge on any atom is -0.293 e. The number of rotatable bonds is 3. The Labute approximate surface area is 97.9 Å². The van der Waals surface area contributed by atoms with Crippen molar-refractivity contribution in [3.63, 3.8) is 0 Å². The maximum absolute atomic E-state index is 11.4. The Bertz CT molecular complexity index is 494. The molecule has 0 fully saturated rings. The van der Waals surface area contributed by atoms with Gasteiger partial charge in [-0.15, -0.1) is 0 Å². The average molecular weight is 267 g/mol. The molecule has 0 aromatic heterocycles. The number of hydrogen-bond acceptors (Lipinski definition) is 3. The van der Waals surface area contributed by atoms with Crippen LogP contribution in [0.15, 0.2) is 18.2 Å². The second-order valence-corrected chi connectivity index (χ2v) is 6.08. The minimum absolute atomic E-state index is 0.232. The summed E-state index contributed by atoms with van der Waals surface area (Å²) >= 11 is 11.4. The van der Waals surface area contributed by atoms with Gasteiger partial charge in [-0.1, -0.05) is 23.2 Å². The monoisotopic (exact) mass is 266 g/mol. The predicted octanol–water partition coefficient (Wildman–Crippen LogP) is 2.22. The number of hydrogen-bond donors (Lipinski definition) is 0. The average Bonchev–Trinajstić information content (AvgIpc) is 2.06. The molecule has 0 bridgehead atoms. The molecule has 0 heterocycles. The van der Waals surface area contributed by atoms with E-state index in [4.69, 9.17) is 23.2 Å². The van der Waals surface area contributed by atoms with Crippen LogP contribution in [0, 0.1) is 0 Å². The van der Waals surface area contributed by atoms with Crippen LogP contribution in [0.25, 0.3) is 0 Å². The lowest BCUT2D eigenvalue weighted by molar-refractivity contribution is 0.102. The summed E-state index contributed by atoms with van der Waals surface area (Å²) in [6.45, 7) is 0. The summed E-state index contributed by atoms with van der Waals surface area (Å²) in [5.41, 5.74) is 0.245. The van der Waals surface area contributed by atoms with E-state index >= 15 is 0 Å². The topological polar surface area (TPSA) is 51.2 Å². The third-order valence-corrected chi connectivity index (χ3v) is 3.16. The molecule has 3 nitrogen and oxygen atoms in total. The molecule has 82 valence electrons. The largest absolute Gasteiger partial charge is 0.293 e. The highest BCUT2D eigenvalue weighted by Gasteiger charge is 2.14. The van der Waals surface area contributed by atoms with Gasteiger partial charge >= 0.3 is 0 Å². The minimum atomic E-state index is -3.32. The molecule has 1 aromatic carbocycles. The standard InChI is InChI=1S/C9H8Cl2O3S/c1-15(13,14)5-9(12)6-2-3-7(10)8(11)4-6/h2-4H,5H2,1H3. The van der Waals surface area contributed by atoms with E-state index in [0.717, 1.165) is 6.26 Å². The van der Waals surface area contributed by atoms with Crippen LogP contribution in [0.4, 0.5) is 0 Å². The summed E-state index contributed by atoms with van der Waals surface area (Å²) in [5.74, 6) is -1.01. The fourth-order valence-electron chi connectivity index (χ4n) is 0.991. The molecule has 0 unspecified atom stereocenters. The fraction of sp³-hybridized carbons (Fsp3) is 0.222. The molecular formula is C9H8Cl2O3S. The number of benzene rings is 1. The van der Waals surface area contributed by atoms with Crippen molar-refractivity contribution in [1.82, 2.24) is 0 Å². The highest BCUT2D eigenvalue weighted by Crippen LogP contribution is 2.22. The van der Waals surface area contributed by atoms with Crippen LogP contribution in [0.2, 0.25) is 10.0 Å². The zero-order valence-electron chi connectivity index (χ0n) is 7.83. The quantitative estimate of drug-likeness (QED) is 0.789. The van der Waals surface area contributed by atoms with Gasteiger partial charge in [-0.3, -0.25) is 4.79 Å². The normalized spacial score (nSPS) is 11.4. The second kappa shape index (κ2) is 4.51. The highest BCUT2D eigenvalue weighted by atomic mass is 35.5. The van der Waals surface area contributed by atoms with Gasteiger partial charge in [0.15, 0.2) is 15.6 Å². The summed E-state index contributed by atoms with van der Waals surface area (Å²) in [7, 11) is -3.32. The van der Waals surface area contributed by atoms with Crippen molar-refractivity contribution >= 4 is 38.8 Å². The van der Waals surface area contributed by atoms with Crippen LogP contribution in [0.3, 0.4) is 0 Å². The van der Waals surface area contributed by atoms with Gasteiger partial charge in [0.1, 0.15) is 5.75 Å². The summed E-state index contributed by atoms with van der Waals surface area (Å²) < 4.78 is 21.8. The Morgan fingerprint density at radius 3 is 2.33 bits per heavy atom. The first-order valence-electron chi connectivity index (χ1n) is 3.95. The molecule has 0 aliphatic carbocycles. The molecular weight excluding hydrogens is 259 g/mol. The Balaban J connectivity index is 2.98. The molecule has 1 rings (SSSR count). The first kappa shape index (κ1) is 12.5. The van der Waals surface area contributed by atoms with Gasteiger partial charge in [0.2, 0.25) is 0 Å². The lowest BCUT2D eigenvalue weighted by atomic mass is 10.1. The first-order valence-corrected chi connectivity index (χ1v) is 6.77. The molecule has 0 aliphatic heterocycles. The van der Waals surface area contributed by atoms with E-state index < -0.39 is 21.4 Å². The Morgan fingerprint density at radius 2 is 1.87 bits per heavy atom. The van der Waals surface area contributed by atoms with E-state index in [0.29, 0.717) is 5.02 Å². The van der Waals surface area contributed by atoms with Crippen molar-refractivity contribution in [3.05, 3.63) is 33.8 Å². The number of carbonyl (C=O) groups is 1. The second-order valence-electron chi connectivity index (χ2n) is 3.12. The van der Waals surface area contributed by atoms with Crippen molar-refractivity contribution in [1.29, 1.82) is 0 Å². The molecule has 0 atom stereocenters. The molecule has 0 saturated carbocycles. The smallest absolute Gasteiger partial charge is 0.177 e. The Morgan fingerprint density at radius 1 is 1.27 bits per heavy atom. The van der Waals surface area contributed by atoms with Gasteiger partial charge in [0.25, 0.3) is 0 Å². The van der Waals surface area contributed by atoms with E-state index in [1.165, 1.54) is 18.2 Å². The van der Waals surface area contributed by atoms with Crippen molar-refractivity contribution < 1.29 is 13.2 Å². The van der Waals surface area contributed by atoms with E-state index in [-0.39, 0.29) is 10.6 Å². The lowest BCUT2D eigenvalue weighted by Gasteiger charge is -2.01. The lowest BCUT2D eigenvalue weighted by Crippen LogP contribution is -2.14. The number of ketones is 1. The van der Waals surface area contributed by atoms with Crippen molar-refractivity contribution in [2.45, 2.75) is 0 Å². The summed E-state index contributed by atoms with van der Waals surface area (Å²) in [5, 5.41) is 0.559. The molecule has 15 heavy (non-hydrogen) atoms. The molecule has 0 saturated heterocycles. The third-order valence-electron chi connectivity index (χ3n) is 1.63. The summed E-state index contributed by atoms with van der Waals surface area (Å²) in [6.07, 6.45) is 1.00. The van der Waals surface area contributed by atoms with E-state index in [1.807, 2.05) is 0 Å². The van der Waals surface area contributed by atoms with Crippen molar-refractivity contribution in [2.24, 2.45) is 0 Å². The van der Waals surface area contributed by atoms with E-state index in [9.17, 15) is 13.2 Å². The summed E-state index contributed by atoms with van der Waals surface area (Å²) in [6, 6.07) is 4.26. The van der Waals surface area contributed by atoms with Crippen LogP contribution >= 0.6 is 23.2 Å². The van der Waals surface area contributed by atoms with Crippen LogP contribution in [-0.4, -0.2) is 26.2 Å². The molecule has 0 radical (unpaired) electrons. The molecule has 0 aliphatic rings. The van der Waals surface area contributed by atoms with Gasteiger partial charge in [0, 0.05) is 11.8 Å². The van der Waals surface area contributed by atoms with Gasteiger partial charge in [-0.25, -0.2) is 8.42 Å². The zero-order valence-corrected chi connectivity index (χ0v) is 10.2. The van der Waals surface area contributed by atoms with Gasteiger partial charge in [-0.2, -0.15) is 0 Å². The van der Waals surface area contributed by atoms with E-state index in [1.54, 1.807) is 0 Å².